The quantitative estimate of drug-likeness (QED) is 0.266. The van der Waals surface area contributed by atoms with Gasteiger partial charge in [-0.25, -0.2) is 0 Å². The molecule has 0 aromatic carbocycles. The normalized spacial score (nSPS) is 14.9. The van der Waals surface area contributed by atoms with Gasteiger partial charge in [0.25, 0.3) is 0 Å². The Kier molecular flexibility index (Phi) is 21.2. The highest BCUT2D eigenvalue weighted by Crippen LogP contribution is 2.03. The average molecular weight is 409 g/mol. The van der Waals surface area contributed by atoms with Gasteiger partial charge in [-0.3, -0.25) is 0 Å². The fourth-order valence-corrected chi connectivity index (χ4v) is 2.30. The minimum atomic E-state index is -0.311. The van der Waals surface area contributed by atoms with E-state index in [4.69, 9.17) is 23.7 Å². The molecule has 0 aromatic heterocycles. The van der Waals surface area contributed by atoms with Crippen molar-refractivity contribution in [2.24, 2.45) is 0 Å². The monoisotopic (exact) mass is 408 g/mol. The number of ether oxygens (including phenoxy) is 5. The van der Waals surface area contributed by atoms with Crippen LogP contribution in [0.15, 0.2) is 0 Å². The Morgan fingerprint density at radius 3 is 1.18 bits per heavy atom. The van der Waals surface area contributed by atoms with Gasteiger partial charge in [-0.05, 0) is 19.3 Å². The van der Waals surface area contributed by atoms with Crippen molar-refractivity contribution in [3.8, 4) is 0 Å². The van der Waals surface area contributed by atoms with Gasteiger partial charge in [0.15, 0.2) is 0 Å². The molecule has 0 saturated carbocycles. The summed E-state index contributed by atoms with van der Waals surface area (Å²) >= 11 is 0. The Labute approximate surface area is 171 Å². The van der Waals surface area contributed by atoms with Crippen LogP contribution in [0.5, 0.6) is 0 Å². The second-order valence-corrected chi connectivity index (χ2v) is 6.98. The van der Waals surface area contributed by atoms with Crippen LogP contribution in [-0.4, -0.2) is 88.0 Å². The van der Waals surface area contributed by atoms with Crippen LogP contribution in [0.4, 0.5) is 0 Å². The zero-order valence-electron chi connectivity index (χ0n) is 18.3. The van der Waals surface area contributed by atoms with Gasteiger partial charge in [-0.1, -0.05) is 40.0 Å². The summed E-state index contributed by atoms with van der Waals surface area (Å²) in [6.07, 6.45) is 5.28. The van der Waals surface area contributed by atoms with Crippen LogP contribution in [0.1, 0.15) is 59.3 Å². The molecule has 0 radical (unpaired) electrons. The SMILES string of the molecule is CCCCOC(CO)COCC(COCC(CO)OCCCC)OCCCC. The number of hydrogen-bond acceptors (Lipinski definition) is 7. The fraction of sp³-hybridized carbons (Fsp3) is 1.00. The fourth-order valence-electron chi connectivity index (χ4n) is 2.30. The Bertz CT molecular complexity index is 280. The summed E-state index contributed by atoms with van der Waals surface area (Å²) in [5, 5.41) is 18.8. The number of hydrogen-bond donors (Lipinski definition) is 2. The highest BCUT2D eigenvalue weighted by molar-refractivity contribution is 4.61. The predicted octanol–water partition coefficient (Wildman–Crippen LogP) is 2.56. The van der Waals surface area contributed by atoms with Crippen molar-refractivity contribution in [3.63, 3.8) is 0 Å². The second-order valence-electron chi connectivity index (χ2n) is 6.98. The minimum absolute atomic E-state index is 0.0607. The van der Waals surface area contributed by atoms with Gasteiger partial charge in [-0.2, -0.15) is 0 Å². The first-order valence-corrected chi connectivity index (χ1v) is 10.9. The average Bonchev–Trinajstić information content (AvgIpc) is 2.71. The third-order valence-electron chi connectivity index (χ3n) is 4.18. The van der Waals surface area contributed by atoms with Crippen molar-refractivity contribution in [2.75, 3.05) is 59.5 Å². The lowest BCUT2D eigenvalue weighted by atomic mass is 10.3. The maximum atomic E-state index is 9.38. The molecule has 0 spiro atoms. The lowest BCUT2D eigenvalue weighted by Crippen LogP contribution is -2.32. The van der Waals surface area contributed by atoms with Crippen molar-refractivity contribution >= 4 is 0 Å². The summed E-state index contributed by atoms with van der Waals surface area (Å²) in [4.78, 5) is 0. The zero-order valence-corrected chi connectivity index (χ0v) is 18.3. The van der Waals surface area contributed by atoms with Crippen molar-refractivity contribution in [1.29, 1.82) is 0 Å². The molecule has 0 saturated heterocycles. The smallest absolute Gasteiger partial charge is 0.104 e. The van der Waals surface area contributed by atoms with Crippen LogP contribution >= 0.6 is 0 Å². The molecular weight excluding hydrogens is 364 g/mol. The van der Waals surface area contributed by atoms with Crippen molar-refractivity contribution < 1.29 is 33.9 Å². The van der Waals surface area contributed by atoms with Gasteiger partial charge < -0.3 is 33.9 Å². The summed E-state index contributed by atoms with van der Waals surface area (Å²) in [5.41, 5.74) is 0. The van der Waals surface area contributed by atoms with Crippen molar-refractivity contribution in [1.82, 2.24) is 0 Å². The molecule has 2 N–H and O–H groups in total. The molecule has 2 atom stereocenters. The first-order chi connectivity index (χ1) is 13.7. The van der Waals surface area contributed by atoms with E-state index in [0.717, 1.165) is 38.5 Å². The van der Waals surface area contributed by atoms with E-state index in [1.165, 1.54) is 0 Å². The van der Waals surface area contributed by atoms with Crippen LogP contribution in [0.2, 0.25) is 0 Å². The predicted molar refractivity (Wildman–Crippen MR) is 110 cm³/mol. The molecule has 0 heterocycles. The molecule has 7 nitrogen and oxygen atoms in total. The topological polar surface area (TPSA) is 86.6 Å². The molecule has 0 amide bonds. The molecule has 0 rings (SSSR count). The van der Waals surface area contributed by atoms with E-state index in [0.29, 0.717) is 46.2 Å². The summed E-state index contributed by atoms with van der Waals surface area (Å²) in [6.45, 7) is 9.51. The molecule has 0 aromatic rings. The van der Waals surface area contributed by atoms with Crippen molar-refractivity contribution in [2.45, 2.75) is 77.6 Å². The summed E-state index contributed by atoms with van der Waals surface area (Å²) in [7, 11) is 0. The lowest BCUT2D eigenvalue weighted by Gasteiger charge is -2.22. The van der Waals surface area contributed by atoms with Crippen LogP contribution in [-0.2, 0) is 23.7 Å². The minimum Gasteiger partial charge on any atom is -0.394 e. The maximum absolute atomic E-state index is 9.38. The van der Waals surface area contributed by atoms with Crippen LogP contribution < -0.4 is 0 Å². The van der Waals surface area contributed by atoms with Crippen molar-refractivity contribution in [3.05, 3.63) is 0 Å². The number of rotatable bonds is 22. The van der Waals surface area contributed by atoms with E-state index < -0.39 is 0 Å². The van der Waals surface area contributed by atoms with Crippen LogP contribution in [0.25, 0.3) is 0 Å². The standard InChI is InChI=1S/C21H44O7/c1-4-7-10-26-19(13-22)15-24-17-21(28-12-9-6-3)18-25-16-20(14-23)27-11-8-5-2/h19-23H,4-18H2,1-3H3. The molecule has 0 aliphatic heterocycles. The van der Waals surface area contributed by atoms with E-state index in [-0.39, 0.29) is 31.5 Å². The molecule has 0 aliphatic carbocycles. The highest BCUT2D eigenvalue weighted by atomic mass is 16.6. The highest BCUT2D eigenvalue weighted by Gasteiger charge is 2.15. The largest absolute Gasteiger partial charge is 0.394 e. The van der Waals surface area contributed by atoms with E-state index in [9.17, 15) is 10.2 Å². The molecule has 0 fully saturated rings. The molecule has 0 aliphatic rings. The van der Waals surface area contributed by atoms with Crippen LogP contribution in [0.3, 0.4) is 0 Å². The van der Waals surface area contributed by atoms with Crippen LogP contribution in [0, 0.1) is 0 Å². The molecule has 2 unspecified atom stereocenters. The third-order valence-corrected chi connectivity index (χ3v) is 4.18. The molecule has 170 valence electrons. The van der Waals surface area contributed by atoms with Gasteiger partial charge in [0.2, 0.25) is 0 Å². The third kappa shape index (κ3) is 16.7. The number of aliphatic hydroxyl groups is 2. The Morgan fingerprint density at radius 1 is 0.536 bits per heavy atom. The van der Waals surface area contributed by atoms with E-state index in [1.54, 1.807) is 0 Å². The van der Waals surface area contributed by atoms with Gasteiger partial charge >= 0.3 is 0 Å². The Morgan fingerprint density at radius 2 is 0.857 bits per heavy atom. The summed E-state index contributed by atoms with van der Waals surface area (Å²) < 4.78 is 28.4. The molecule has 28 heavy (non-hydrogen) atoms. The Hall–Kier alpha value is -0.280. The van der Waals surface area contributed by atoms with E-state index in [2.05, 4.69) is 20.8 Å². The van der Waals surface area contributed by atoms with Gasteiger partial charge in [0.1, 0.15) is 18.3 Å². The zero-order chi connectivity index (χ0) is 20.9. The number of aliphatic hydroxyl groups excluding tert-OH is 2. The Balaban J connectivity index is 4.18. The molecular formula is C21H44O7. The van der Waals surface area contributed by atoms with E-state index >= 15 is 0 Å². The van der Waals surface area contributed by atoms with Gasteiger partial charge in [0, 0.05) is 19.8 Å². The lowest BCUT2D eigenvalue weighted by molar-refractivity contribution is -0.103. The summed E-state index contributed by atoms with van der Waals surface area (Å²) in [5.74, 6) is 0. The number of unbranched alkanes of at least 4 members (excludes halogenated alkanes) is 3. The van der Waals surface area contributed by atoms with Gasteiger partial charge in [-0.15, -0.1) is 0 Å². The second kappa shape index (κ2) is 21.4. The van der Waals surface area contributed by atoms with Gasteiger partial charge in [0.05, 0.1) is 39.6 Å². The summed E-state index contributed by atoms with van der Waals surface area (Å²) in [6, 6.07) is 0. The maximum Gasteiger partial charge on any atom is 0.104 e. The first-order valence-electron chi connectivity index (χ1n) is 10.9. The van der Waals surface area contributed by atoms with E-state index in [1.807, 2.05) is 0 Å². The molecule has 7 heteroatoms. The molecule has 0 bridgehead atoms. The first kappa shape index (κ1) is 27.7.